The molecule has 4 nitrogen and oxygen atoms in total. The smallest absolute Gasteiger partial charge is 0.148 e. The summed E-state index contributed by atoms with van der Waals surface area (Å²) in [6.07, 6.45) is 1.47. The van der Waals surface area contributed by atoms with E-state index in [1.807, 2.05) is 6.07 Å². The molecule has 0 bridgehead atoms. The molecule has 0 aromatic carbocycles. The van der Waals surface area contributed by atoms with Gasteiger partial charge in [0.25, 0.3) is 0 Å². The van der Waals surface area contributed by atoms with Gasteiger partial charge < -0.3 is 11.1 Å². The summed E-state index contributed by atoms with van der Waals surface area (Å²) in [5, 5.41) is 11.3. The molecule has 0 fully saturated rings. The molecule has 0 aliphatic heterocycles. The van der Waals surface area contributed by atoms with Crippen LogP contribution in [-0.4, -0.2) is 12.0 Å². The van der Waals surface area contributed by atoms with Gasteiger partial charge >= 0.3 is 0 Å². The maximum Gasteiger partial charge on any atom is 0.148 e. The second-order valence-corrected chi connectivity index (χ2v) is 2.02. The molecule has 3 N–H and O–H groups in total. The van der Waals surface area contributed by atoms with Crippen molar-refractivity contribution in [3.8, 4) is 6.07 Å². The molecular weight excluding hydrogens is 140 g/mol. The maximum atomic E-state index is 8.46. The summed E-state index contributed by atoms with van der Waals surface area (Å²) < 4.78 is 0. The lowest BCUT2D eigenvalue weighted by Gasteiger charge is -2.01. The van der Waals surface area contributed by atoms with Crippen LogP contribution in [-0.2, 0) is 0 Å². The molecule has 1 heterocycles. The molecule has 0 aliphatic rings. The van der Waals surface area contributed by atoms with Crippen molar-refractivity contribution in [3.63, 3.8) is 0 Å². The van der Waals surface area contributed by atoms with Crippen molar-refractivity contribution in [1.82, 2.24) is 4.98 Å². The number of nitrogen functional groups attached to an aromatic ring is 1. The van der Waals surface area contributed by atoms with Crippen LogP contribution in [0.5, 0.6) is 0 Å². The van der Waals surface area contributed by atoms with Crippen LogP contribution < -0.4 is 11.1 Å². The van der Waals surface area contributed by atoms with Crippen molar-refractivity contribution >= 4 is 11.5 Å². The molecule has 0 aliphatic carbocycles. The third-order valence-corrected chi connectivity index (χ3v) is 1.28. The van der Waals surface area contributed by atoms with Crippen molar-refractivity contribution in [1.29, 1.82) is 5.26 Å². The summed E-state index contributed by atoms with van der Waals surface area (Å²) in [4.78, 5) is 3.91. The van der Waals surface area contributed by atoms with Gasteiger partial charge in [0.1, 0.15) is 11.9 Å². The van der Waals surface area contributed by atoms with Gasteiger partial charge in [-0.25, -0.2) is 4.98 Å². The van der Waals surface area contributed by atoms with Gasteiger partial charge in [-0.3, -0.25) is 0 Å². The summed E-state index contributed by atoms with van der Waals surface area (Å²) in [5.74, 6) is 0.601. The number of nitriles is 1. The Hall–Kier alpha value is -1.76. The number of hydrogen-bond donors (Lipinski definition) is 2. The zero-order valence-corrected chi connectivity index (χ0v) is 6.13. The van der Waals surface area contributed by atoms with Gasteiger partial charge in [-0.15, -0.1) is 0 Å². The summed E-state index contributed by atoms with van der Waals surface area (Å²) in [6, 6.07) is 3.53. The quantitative estimate of drug-likeness (QED) is 0.610. The molecule has 1 rings (SSSR count). The van der Waals surface area contributed by atoms with E-state index in [1.54, 1.807) is 13.1 Å². The molecule has 11 heavy (non-hydrogen) atoms. The lowest BCUT2D eigenvalue weighted by molar-refractivity contribution is 1.27. The summed E-state index contributed by atoms with van der Waals surface area (Å²) >= 11 is 0. The van der Waals surface area contributed by atoms with Crippen molar-refractivity contribution in [2.75, 3.05) is 18.1 Å². The second kappa shape index (κ2) is 2.88. The van der Waals surface area contributed by atoms with E-state index >= 15 is 0 Å². The molecule has 0 atom stereocenters. The third kappa shape index (κ3) is 1.38. The van der Waals surface area contributed by atoms with Crippen LogP contribution in [0.25, 0.3) is 0 Å². The molecule has 0 amide bonds. The standard InChI is InChI=1S/C7H8N4/c1-10-7-6(9)2-5(3-8)4-11-7/h2,4H,9H2,1H3,(H,10,11). The lowest BCUT2D eigenvalue weighted by atomic mass is 10.3. The molecule has 0 unspecified atom stereocenters. The first-order chi connectivity index (χ1) is 5.27. The number of pyridine rings is 1. The fraction of sp³-hybridized carbons (Fsp3) is 0.143. The minimum atomic E-state index is 0.474. The Bertz CT molecular complexity index is 300. The van der Waals surface area contributed by atoms with Crippen molar-refractivity contribution in [3.05, 3.63) is 17.8 Å². The first-order valence-corrected chi connectivity index (χ1v) is 3.11. The summed E-state index contributed by atoms with van der Waals surface area (Å²) in [7, 11) is 1.73. The fourth-order valence-corrected chi connectivity index (χ4v) is 0.752. The number of anilines is 2. The largest absolute Gasteiger partial charge is 0.396 e. The van der Waals surface area contributed by atoms with Gasteiger partial charge in [0.05, 0.1) is 11.3 Å². The van der Waals surface area contributed by atoms with E-state index in [2.05, 4.69) is 10.3 Å². The Balaban J connectivity index is 3.12. The first-order valence-electron chi connectivity index (χ1n) is 3.11. The predicted octanol–water partition coefficient (Wildman–Crippen LogP) is 0.577. The van der Waals surface area contributed by atoms with Gasteiger partial charge in [0.15, 0.2) is 0 Å². The first kappa shape index (κ1) is 7.35. The van der Waals surface area contributed by atoms with Gasteiger partial charge in [-0.05, 0) is 6.07 Å². The van der Waals surface area contributed by atoms with Crippen LogP contribution in [0.2, 0.25) is 0 Å². The van der Waals surface area contributed by atoms with Gasteiger partial charge in [-0.2, -0.15) is 5.26 Å². The predicted molar refractivity (Wildman–Crippen MR) is 42.9 cm³/mol. The maximum absolute atomic E-state index is 8.46. The molecule has 0 saturated carbocycles. The number of nitrogens with one attached hydrogen (secondary N) is 1. The average molecular weight is 148 g/mol. The van der Waals surface area contributed by atoms with E-state index in [-0.39, 0.29) is 0 Å². The molecule has 0 saturated heterocycles. The zero-order valence-electron chi connectivity index (χ0n) is 6.13. The number of nitrogens with two attached hydrogens (primary N) is 1. The Kier molecular flexibility index (Phi) is 1.93. The second-order valence-electron chi connectivity index (χ2n) is 2.02. The van der Waals surface area contributed by atoms with Crippen LogP contribution in [0.1, 0.15) is 5.56 Å². The normalized spacial score (nSPS) is 8.73. The zero-order chi connectivity index (χ0) is 8.27. The van der Waals surface area contributed by atoms with Gasteiger partial charge in [0, 0.05) is 13.2 Å². The van der Waals surface area contributed by atoms with Crippen molar-refractivity contribution in [2.24, 2.45) is 0 Å². The minimum Gasteiger partial charge on any atom is -0.396 e. The molecule has 1 aromatic rings. The van der Waals surface area contributed by atoms with Gasteiger partial charge in [-0.1, -0.05) is 0 Å². The van der Waals surface area contributed by atoms with Crippen molar-refractivity contribution < 1.29 is 0 Å². The molecule has 4 heteroatoms. The van der Waals surface area contributed by atoms with E-state index < -0.39 is 0 Å². The highest BCUT2D eigenvalue weighted by atomic mass is 15.0. The Morgan fingerprint density at radius 2 is 2.45 bits per heavy atom. The highest BCUT2D eigenvalue weighted by Gasteiger charge is 1.98. The summed E-state index contributed by atoms with van der Waals surface area (Å²) in [6.45, 7) is 0. The SMILES string of the molecule is CNc1ncc(C#N)cc1N. The van der Waals surface area contributed by atoms with Crippen molar-refractivity contribution in [2.45, 2.75) is 0 Å². The van der Waals surface area contributed by atoms with E-state index in [0.717, 1.165) is 0 Å². The molecular formula is C7H8N4. The Morgan fingerprint density at radius 3 is 2.91 bits per heavy atom. The summed E-state index contributed by atoms with van der Waals surface area (Å²) in [5.41, 5.74) is 6.50. The van der Waals surface area contributed by atoms with Crippen LogP contribution in [0, 0.1) is 11.3 Å². The molecule has 56 valence electrons. The van der Waals surface area contributed by atoms with Crippen LogP contribution in [0.15, 0.2) is 12.3 Å². The highest BCUT2D eigenvalue weighted by molar-refractivity contribution is 5.62. The topological polar surface area (TPSA) is 74.7 Å². The number of hydrogen-bond acceptors (Lipinski definition) is 4. The average Bonchev–Trinajstić information content (AvgIpc) is 2.04. The Labute approximate surface area is 64.7 Å². The fourth-order valence-electron chi connectivity index (χ4n) is 0.752. The molecule has 1 aromatic heterocycles. The van der Waals surface area contributed by atoms with E-state index in [1.165, 1.54) is 6.20 Å². The third-order valence-electron chi connectivity index (χ3n) is 1.28. The van der Waals surface area contributed by atoms with E-state index in [9.17, 15) is 0 Å². The number of rotatable bonds is 1. The van der Waals surface area contributed by atoms with Crippen LogP contribution in [0.4, 0.5) is 11.5 Å². The molecule has 0 radical (unpaired) electrons. The minimum absolute atomic E-state index is 0.474. The number of nitrogens with zero attached hydrogens (tertiary/aromatic N) is 2. The number of aromatic nitrogens is 1. The lowest BCUT2D eigenvalue weighted by Crippen LogP contribution is -1.98. The van der Waals surface area contributed by atoms with E-state index in [0.29, 0.717) is 17.1 Å². The highest BCUT2D eigenvalue weighted by Crippen LogP contribution is 2.14. The van der Waals surface area contributed by atoms with E-state index in [4.69, 9.17) is 11.0 Å². The van der Waals surface area contributed by atoms with Crippen LogP contribution in [0.3, 0.4) is 0 Å². The Morgan fingerprint density at radius 1 is 1.73 bits per heavy atom. The van der Waals surface area contributed by atoms with Gasteiger partial charge in [0.2, 0.25) is 0 Å². The molecule has 0 spiro atoms. The van der Waals surface area contributed by atoms with Crippen LogP contribution >= 0.6 is 0 Å². The monoisotopic (exact) mass is 148 g/mol.